The number of carbonyl (C=O) groups excluding carboxylic acids is 1. The summed E-state index contributed by atoms with van der Waals surface area (Å²) < 4.78 is 5.07. The maximum absolute atomic E-state index is 12.2. The van der Waals surface area contributed by atoms with E-state index in [1.165, 1.54) is 36.8 Å². The predicted molar refractivity (Wildman–Crippen MR) is 90.8 cm³/mol. The number of aromatic carboxylic acids is 1. The summed E-state index contributed by atoms with van der Waals surface area (Å²) in [4.78, 5) is 23.3. The summed E-state index contributed by atoms with van der Waals surface area (Å²) >= 11 is 0. The average molecular weight is 325 g/mol. The fourth-order valence-corrected chi connectivity index (χ4v) is 3.07. The Morgan fingerprint density at radius 2 is 1.92 bits per heavy atom. The van der Waals surface area contributed by atoms with E-state index in [9.17, 15) is 9.59 Å². The lowest BCUT2D eigenvalue weighted by Crippen LogP contribution is -2.15. The number of carboxylic acids is 1. The molecule has 0 spiro atoms. The largest absolute Gasteiger partial charge is 0.496 e. The van der Waals surface area contributed by atoms with Crippen LogP contribution in [0.3, 0.4) is 0 Å². The van der Waals surface area contributed by atoms with Crippen LogP contribution >= 0.6 is 0 Å². The molecule has 0 aliphatic heterocycles. The smallest absolute Gasteiger partial charge is 0.339 e. The summed E-state index contributed by atoms with van der Waals surface area (Å²) in [6.45, 7) is 0. The highest BCUT2D eigenvalue weighted by Crippen LogP contribution is 2.25. The van der Waals surface area contributed by atoms with Gasteiger partial charge >= 0.3 is 5.97 Å². The van der Waals surface area contributed by atoms with Crippen molar-refractivity contribution in [2.24, 2.45) is 0 Å². The molecular formula is C19H19NO4. The van der Waals surface area contributed by atoms with Gasteiger partial charge in [0.05, 0.1) is 13.5 Å². The number of ether oxygens (including phenoxy) is 1. The van der Waals surface area contributed by atoms with Gasteiger partial charge in [0.15, 0.2) is 0 Å². The predicted octanol–water partition coefficient (Wildman–Crippen LogP) is 3.06. The molecule has 0 saturated heterocycles. The van der Waals surface area contributed by atoms with E-state index in [-0.39, 0.29) is 23.6 Å². The third-order valence-electron chi connectivity index (χ3n) is 4.24. The van der Waals surface area contributed by atoms with Crippen molar-refractivity contribution in [3.8, 4) is 5.75 Å². The highest BCUT2D eigenvalue weighted by molar-refractivity contribution is 5.95. The van der Waals surface area contributed by atoms with E-state index in [0.717, 1.165) is 18.4 Å². The van der Waals surface area contributed by atoms with E-state index in [0.29, 0.717) is 5.69 Å². The Morgan fingerprint density at radius 1 is 1.12 bits per heavy atom. The molecule has 0 heterocycles. The second-order valence-corrected chi connectivity index (χ2v) is 5.90. The maximum atomic E-state index is 12.2. The molecule has 24 heavy (non-hydrogen) atoms. The van der Waals surface area contributed by atoms with Crippen LogP contribution in [-0.4, -0.2) is 24.1 Å². The number of rotatable bonds is 5. The van der Waals surface area contributed by atoms with Crippen molar-refractivity contribution >= 4 is 17.6 Å². The van der Waals surface area contributed by atoms with Crippen molar-refractivity contribution in [3.63, 3.8) is 0 Å². The third-order valence-corrected chi connectivity index (χ3v) is 4.24. The van der Waals surface area contributed by atoms with E-state index < -0.39 is 5.97 Å². The first kappa shape index (κ1) is 16.1. The Hall–Kier alpha value is -2.82. The standard InChI is InChI=1S/C19H19NO4/c1-24-17-11-15(7-8-16(17)19(22)23)20-18(21)10-12-5-6-13-3-2-4-14(13)9-12/h5-9,11H,2-4,10H2,1H3,(H,20,21)(H,22,23). The number of anilines is 1. The van der Waals surface area contributed by atoms with Gasteiger partial charge in [-0.15, -0.1) is 0 Å². The molecule has 0 atom stereocenters. The van der Waals surface area contributed by atoms with Gasteiger partial charge in [0, 0.05) is 11.8 Å². The number of aryl methyl sites for hydroxylation is 2. The van der Waals surface area contributed by atoms with Gasteiger partial charge in [0.2, 0.25) is 5.91 Å². The molecule has 3 rings (SSSR count). The van der Waals surface area contributed by atoms with Crippen molar-refractivity contribution < 1.29 is 19.4 Å². The lowest BCUT2D eigenvalue weighted by atomic mass is 10.0. The molecule has 5 nitrogen and oxygen atoms in total. The SMILES string of the molecule is COc1cc(NC(=O)Cc2ccc3c(c2)CCC3)ccc1C(=O)O. The monoisotopic (exact) mass is 325 g/mol. The molecule has 2 aromatic carbocycles. The molecule has 0 fully saturated rings. The van der Waals surface area contributed by atoms with Crippen LogP contribution in [0.5, 0.6) is 5.75 Å². The molecule has 1 aliphatic carbocycles. The Morgan fingerprint density at radius 3 is 2.67 bits per heavy atom. The number of fused-ring (bicyclic) bond motifs is 1. The van der Waals surface area contributed by atoms with Gasteiger partial charge in [0.1, 0.15) is 11.3 Å². The number of benzene rings is 2. The van der Waals surface area contributed by atoms with Crippen LogP contribution in [-0.2, 0) is 24.1 Å². The van der Waals surface area contributed by atoms with Gasteiger partial charge in [-0.05, 0) is 48.1 Å². The topological polar surface area (TPSA) is 75.6 Å². The fraction of sp³-hybridized carbons (Fsp3) is 0.263. The Bertz CT molecular complexity index is 798. The number of carboxylic acid groups (broad SMARTS) is 1. The minimum atomic E-state index is -1.07. The van der Waals surface area contributed by atoms with Gasteiger partial charge < -0.3 is 15.2 Å². The van der Waals surface area contributed by atoms with E-state index in [4.69, 9.17) is 9.84 Å². The number of hydrogen-bond donors (Lipinski definition) is 2. The molecule has 2 aromatic rings. The lowest BCUT2D eigenvalue weighted by molar-refractivity contribution is -0.115. The van der Waals surface area contributed by atoms with Gasteiger partial charge in [-0.25, -0.2) is 4.79 Å². The Labute approximate surface area is 140 Å². The van der Waals surface area contributed by atoms with Gasteiger partial charge in [0.25, 0.3) is 0 Å². The number of carbonyl (C=O) groups is 2. The summed E-state index contributed by atoms with van der Waals surface area (Å²) in [5.74, 6) is -0.987. The molecule has 0 unspecified atom stereocenters. The van der Waals surface area contributed by atoms with E-state index in [1.807, 2.05) is 6.07 Å². The number of amides is 1. The molecule has 124 valence electrons. The summed E-state index contributed by atoms with van der Waals surface area (Å²) in [6.07, 6.45) is 3.67. The third kappa shape index (κ3) is 3.40. The fourth-order valence-electron chi connectivity index (χ4n) is 3.07. The van der Waals surface area contributed by atoms with Gasteiger partial charge in [-0.2, -0.15) is 0 Å². The molecule has 0 bridgehead atoms. The molecule has 0 saturated carbocycles. The van der Waals surface area contributed by atoms with Crippen LogP contribution < -0.4 is 10.1 Å². The Kier molecular flexibility index (Phi) is 4.51. The summed E-state index contributed by atoms with van der Waals surface area (Å²) in [7, 11) is 1.40. The van der Waals surface area contributed by atoms with Crippen LogP contribution in [0.2, 0.25) is 0 Å². The first-order valence-electron chi connectivity index (χ1n) is 7.88. The van der Waals surface area contributed by atoms with Crippen LogP contribution in [0.15, 0.2) is 36.4 Å². The van der Waals surface area contributed by atoms with Crippen LogP contribution in [0.1, 0.15) is 33.5 Å². The summed E-state index contributed by atoms with van der Waals surface area (Å²) in [5.41, 5.74) is 4.29. The zero-order valence-corrected chi connectivity index (χ0v) is 13.5. The highest BCUT2D eigenvalue weighted by Gasteiger charge is 2.14. The highest BCUT2D eigenvalue weighted by atomic mass is 16.5. The number of nitrogens with one attached hydrogen (secondary N) is 1. The van der Waals surface area contributed by atoms with Crippen LogP contribution in [0, 0.1) is 0 Å². The average Bonchev–Trinajstić information content (AvgIpc) is 3.02. The minimum absolute atomic E-state index is 0.0640. The zero-order valence-electron chi connectivity index (χ0n) is 13.5. The first-order chi connectivity index (χ1) is 11.6. The number of hydrogen-bond acceptors (Lipinski definition) is 3. The van der Waals surface area contributed by atoms with Crippen molar-refractivity contribution in [2.75, 3.05) is 12.4 Å². The van der Waals surface area contributed by atoms with Crippen molar-refractivity contribution in [2.45, 2.75) is 25.7 Å². The van der Waals surface area contributed by atoms with Crippen LogP contribution in [0.25, 0.3) is 0 Å². The minimum Gasteiger partial charge on any atom is -0.496 e. The first-order valence-corrected chi connectivity index (χ1v) is 7.88. The summed E-state index contributed by atoms with van der Waals surface area (Å²) in [6, 6.07) is 10.7. The number of methoxy groups -OCH3 is 1. The van der Waals surface area contributed by atoms with E-state index in [2.05, 4.69) is 17.4 Å². The van der Waals surface area contributed by atoms with Gasteiger partial charge in [-0.3, -0.25) is 4.79 Å². The second-order valence-electron chi connectivity index (χ2n) is 5.90. The Balaban J connectivity index is 1.69. The van der Waals surface area contributed by atoms with E-state index >= 15 is 0 Å². The summed E-state index contributed by atoms with van der Waals surface area (Å²) in [5, 5.41) is 11.9. The molecule has 1 amide bonds. The maximum Gasteiger partial charge on any atom is 0.339 e. The normalized spacial score (nSPS) is 12.5. The van der Waals surface area contributed by atoms with Crippen LogP contribution in [0.4, 0.5) is 5.69 Å². The van der Waals surface area contributed by atoms with Crippen molar-refractivity contribution in [1.82, 2.24) is 0 Å². The lowest BCUT2D eigenvalue weighted by Gasteiger charge is -2.10. The van der Waals surface area contributed by atoms with Crippen molar-refractivity contribution in [3.05, 3.63) is 58.7 Å². The molecule has 5 heteroatoms. The van der Waals surface area contributed by atoms with E-state index in [1.54, 1.807) is 6.07 Å². The zero-order chi connectivity index (χ0) is 17.1. The molecular weight excluding hydrogens is 306 g/mol. The molecule has 1 aliphatic rings. The van der Waals surface area contributed by atoms with Gasteiger partial charge in [-0.1, -0.05) is 18.2 Å². The molecule has 2 N–H and O–H groups in total. The molecule has 0 aromatic heterocycles. The molecule has 0 radical (unpaired) electrons. The quantitative estimate of drug-likeness (QED) is 0.886. The second kappa shape index (κ2) is 6.74. The van der Waals surface area contributed by atoms with Crippen molar-refractivity contribution in [1.29, 1.82) is 0 Å².